The predicted octanol–water partition coefficient (Wildman–Crippen LogP) is 2.01. The van der Waals surface area contributed by atoms with E-state index in [1.54, 1.807) is 0 Å². The Morgan fingerprint density at radius 2 is 2.12 bits per heavy atom. The molecule has 3 heteroatoms. The molecule has 0 aromatic carbocycles. The Morgan fingerprint density at radius 1 is 1.50 bits per heavy atom. The highest BCUT2D eigenvalue weighted by Crippen LogP contribution is 2.29. The lowest BCUT2D eigenvalue weighted by molar-refractivity contribution is -0.145. The fourth-order valence-corrected chi connectivity index (χ4v) is 2.35. The average molecular weight is 226 g/mol. The maximum absolute atomic E-state index is 12.5. The Hall–Kier alpha value is -0.570. The number of nitrogens with two attached hydrogens (primary N) is 1. The van der Waals surface area contributed by atoms with E-state index in [4.69, 9.17) is 5.73 Å². The van der Waals surface area contributed by atoms with Crippen molar-refractivity contribution in [1.82, 2.24) is 4.90 Å². The normalized spacial score (nSPS) is 29.9. The van der Waals surface area contributed by atoms with E-state index in [1.807, 2.05) is 18.7 Å². The summed E-state index contributed by atoms with van der Waals surface area (Å²) in [5.41, 5.74) is 5.39. The monoisotopic (exact) mass is 226 g/mol. The standard InChI is InChI=1S/C13H26N2O/c1-5-13(4,9-14)12(16)15-8-6-7-10(2)11(15)3/h10-11H,5-9,14H2,1-4H3. The molecule has 3 atom stereocenters. The highest BCUT2D eigenvalue weighted by atomic mass is 16.2. The lowest BCUT2D eigenvalue weighted by Crippen LogP contribution is -2.53. The van der Waals surface area contributed by atoms with Gasteiger partial charge in [0.05, 0.1) is 5.41 Å². The van der Waals surface area contributed by atoms with E-state index in [9.17, 15) is 4.79 Å². The molecule has 0 aromatic heterocycles. The number of carbonyl (C=O) groups is 1. The lowest BCUT2D eigenvalue weighted by atomic mass is 9.83. The van der Waals surface area contributed by atoms with Gasteiger partial charge in [-0.05, 0) is 39.0 Å². The van der Waals surface area contributed by atoms with Gasteiger partial charge in [-0.1, -0.05) is 13.8 Å². The van der Waals surface area contributed by atoms with Gasteiger partial charge in [-0.3, -0.25) is 4.79 Å². The molecule has 0 aliphatic carbocycles. The number of hydrogen-bond donors (Lipinski definition) is 1. The van der Waals surface area contributed by atoms with Gasteiger partial charge in [0.2, 0.25) is 5.91 Å². The Balaban J connectivity index is 2.79. The summed E-state index contributed by atoms with van der Waals surface area (Å²) >= 11 is 0. The molecule has 1 aliphatic heterocycles. The van der Waals surface area contributed by atoms with Gasteiger partial charge in [-0.15, -0.1) is 0 Å². The zero-order valence-electron chi connectivity index (χ0n) is 11.1. The summed E-state index contributed by atoms with van der Waals surface area (Å²) in [5, 5.41) is 0. The van der Waals surface area contributed by atoms with Crippen LogP contribution in [0, 0.1) is 11.3 Å². The number of carbonyl (C=O) groups excluding carboxylic acids is 1. The van der Waals surface area contributed by atoms with Crippen molar-refractivity contribution in [3.05, 3.63) is 0 Å². The lowest BCUT2D eigenvalue weighted by Gasteiger charge is -2.42. The molecule has 1 fully saturated rings. The molecule has 0 radical (unpaired) electrons. The van der Waals surface area contributed by atoms with Crippen molar-refractivity contribution >= 4 is 5.91 Å². The van der Waals surface area contributed by atoms with E-state index in [0.717, 1.165) is 19.4 Å². The molecule has 0 saturated carbocycles. The molecule has 3 nitrogen and oxygen atoms in total. The van der Waals surface area contributed by atoms with Crippen molar-refractivity contribution in [2.45, 2.75) is 53.0 Å². The van der Waals surface area contributed by atoms with Gasteiger partial charge >= 0.3 is 0 Å². The fourth-order valence-electron chi connectivity index (χ4n) is 2.35. The first-order valence-corrected chi connectivity index (χ1v) is 6.47. The van der Waals surface area contributed by atoms with Crippen molar-refractivity contribution in [2.24, 2.45) is 17.1 Å². The Bertz CT molecular complexity index is 248. The number of piperidine rings is 1. The van der Waals surface area contributed by atoms with Gasteiger partial charge in [-0.2, -0.15) is 0 Å². The summed E-state index contributed by atoms with van der Waals surface area (Å²) in [5.74, 6) is 0.855. The van der Waals surface area contributed by atoms with Crippen LogP contribution < -0.4 is 5.73 Å². The second kappa shape index (κ2) is 5.17. The van der Waals surface area contributed by atoms with Crippen LogP contribution in [0.2, 0.25) is 0 Å². The number of amides is 1. The van der Waals surface area contributed by atoms with Gasteiger partial charge in [0.1, 0.15) is 0 Å². The van der Waals surface area contributed by atoms with Gasteiger partial charge in [0.25, 0.3) is 0 Å². The zero-order chi connectivity index (χ0) is 12.3. The molecular formula is C13H26N2O. The van der Waals surface area contributed by atoms with Gasteiger partial charge in [0.15, 0.2) is 0 Å². The second-order valence-corrected chi connectivity index (χ2v) is 5.48. The number of rotatable bonds is 3. The van der Waals surface area contributed by atoms with E-state index in [-0.39, 0.29) is 11.3 Å². The van der Waals surface area contributed by atoms with Crippen molar-refractivity contribution < 1.29 is 4.79 Å². The first-order chi connectivity index (χ1) is 7.46. The Labute approximate surface area is 99.4 Å². The number of hydrogen-bond acceptors (Lipinski definition) is 2. The summed E-state index contributed by atoms with van der Waals surface area (Å²) < 4.78 is 0. The molecule has 1 rings (SSSR count). The molecule has 2 N–H and O–H groups in total. The van der Waals surface area contributed by atoms with Gasteiger partial charge < -0.3 is 10.6 Å². The molecule has 3 unspecified atom stereocenters. The third kappa shape index (κ3) is 2.40. The summed E-state index contributed by atoms with van der Waals surface area (Å²) in [4.78, 5) is 14.5. The average Bonchev–Trinajstić information content (AvgIpc) is 2.31. The van der Waals surface area contributed by atoms with Crippen LogP contribution >= 0.6 is 0 Å². The third-order valence-corrected chi connectivity index (χ3v) is 4.38. The van der Waals surface area contributed by atoms with Gasteiger partial charge in [0, 0.05) is 19.1 Å². The van der Waals surface area contributed by atoms with Crippen molar-refractivity contribution in [3.8, 4) is 0 Å². The van der Waals surface area contributed by atoms with Crippen LogP contribution in [-0.2, 0) is 4.79 Å². The zero-order valence-corrected chi connectivity index (χ0v) is 11.1. The largest absolute Gasteiger partial charge is 0.339 e. The topological polar surface area (TPSA) is 46.3 Å². The first-order valence-electron chi connectivity index (χ1n) is 6.47. The SMILES string of the molecule is CCC(C)(CN)C(=O)N1CCCC(C)C1C. The molecule has 1 aliphatic rings. The molecule has 16 heavy (non-hydrogen) atoms. The first kappa shape index (κ1) is 13.5. The Morgan fingerprint density at radius 3 is 2.62 bits per heavy atom. The molecule has 1 amide bonds. The second-order valence-electron chi connectivity index (χ2n) is 5.48. The molecule has 94 valence electrons. The maximum Gasteiger partial charge on any atom is 0.230 e. The van der Waals surface area contributed by atoms with Crippen LogP contribution in [0.3, 0.4) is 0 Å². The van der Waals surface area contributed by atoms with E-state index in [0.29, 0.717) is 18.5 Å². The molecule has 0 bridgehead atoms. The molecule has 0 aromatic rings. The number of nitrogens with zero attached hydrogens (tertiary/aromatic N) is 1. The van der Waals surface area contributed by atoms with Crippen LogP contribution in [0.1, 0.15) is 47.0 Å². The van der Waals surface area contributed by atoms with Crippen LogP contribution in [0.4, 0.5) is 0 Å². The van der Waals surface area contributed by atoms with Crippen LogP contribution in [0.25, 0.3) is 0 Å². The minimum absolute atomic E-state index is 0.247. The molecular weight excluding hydrogens is 200 g/mol. The van der Waals surface area contributed by atoms with Crippen LogP contribution in [0.15, 0.2) is 0 Å². The molecule has 1 heterocycles. The highest BCUT2D eigenvalue weighted by molar-refractivity contribution is 5.83. The quantitative estimate of drug-likeness (QED) is 0.800. The smallest absolute Gasteiger partial charge is 0.230 e. The van der Waals surface area contributed by atoms with Crippen LogP contribution in [-0.4, -0.2) is 29.9 Å². The van der Waals surface area contributed by atoms with E-state index >= 15 is 0 Å². The minimum Gasteiger partial charge on any atom is -0.339 e. The summed E-state index contributed by atoms with van der Waals surface area (Å²) in [6.07, 6.45) is 3.18. The van der Waals surface area contributed by atoms with Crippen molar-refractivity contribution in [2.75, 3.05) is 13.1 Å². The summed E-state index contributed by atoms with van der Waals surface area (Å²) in [6.45, 7) is 9.77. The van der Waals surface area contributed by atoms with Crippen molar-refractivity contribution in [3.63, 3.8) is 0 Å². The summed E-state index contributed by atoms with van der Waals surface area (Å²) in [7, 11) is 0. The minimum atomic E-state index is -0.370. The predicted molar refractivity (Wildman–Crippen MR) is 67.0 cm³/mol. The number of likely N-dealkylation sites (tertiary alicyclic amines) is 1. The molecule has 0 spiro atoms. The molecule has 1 saturated heterocycles. The fraction of sp³-hybridized carbons (Fsp3) is 0.923. The van der Waals surface area contributed by atoms with Gasteiger partial charge in [-0.25, -0.2) is 0 Å². The Kier molecular flexibility index (Phi) is 4.36. The highest BCUT2D eigenvalue weighted by Gasteiger charge is 2.38. The van der Waals surface area contributed by atoms with Crippen molar-refractivity contribution in [1.29, 1.82) is 0 Å². The third-order valence-electron chi connectivity index (χ3n) is 4.38. The van der Waals surface area contributed by atoms with E-state index in [2.05, 4.69) is 13.8 Å². The summed E-state index contributed by atoms with van der Waals surface area (Å²) in [6, 6.07) is 0.360. The van der Waals surface area contributed by atoms with E-state index < -0.39 is 0 Å². The van der Waals surface area contributed by atoms with Crippen LogP contribution in [0.5, 0.6) is 0 Å². The van der Waals surface area contributed by atoms with E-state index in [1.165, 1.54) is 6.42 Å². The maximum atomic E-state index is 12.5.